The summed E-state index contributed by atoms with van der Waals surface area (Å²) >= 11 is 0. The van der Waals surface area contributed by atoms with Crippen molar-refractivity contribution >= 4 is 18.0 Å². The molecule has 0 bridgehead atoms. The third-order valence-electron chi connectivity index (χ3n) is 3.38. The van der Waals surface area contributed by atoms with Crippen LogP contribution in [-0.4, -0.2) is 19.0 Å². The van der Waals surface area contributed by atoms with E-state index in [0.29, 0.717) is 22.6 Å². The fourth-order valence-electron chi connectivity index (χ4n) is 2.18. The van der Waals surface area contributed by atoms with E-state index in [4.69, 9.17) is 20.5 Å². The van der Waals surface area contributed by atoms with E-state index in [0.717, 1.165) is 0 Å². The van der Waals surface area contributed by atoms with Crippen LogP contribution in [0.4, 0.5) is 9.18 Å². The highest BCUT2D eigenvalue weighted by molar-refractivity contribution is 6.08. The van der Waals surface area contributed by atoms with E-state index in [1.165, 1.54) is 25.3 Å². The van der Waals surface area contributed by atoms with Gasteiger partial charge in [0.25, 0.3) is 5.91 Å². The molecule has 7 nitrogen and oxygen atoms in total. The number of hydrogen-bond acceptors (Lipinski definition) is 5. The lowest BCUT2D eigenvalue weighted by atomic mass is 10.1. The maximum Gasteiger partial charge on any atom is 0.319 e. The quantitative estimate of drug-likeness (QED) is 0.600. The summed E-state index contributed by atoms with van der Waals surface area (Å²) in [6.45, 7) is 0.133. The van der Waals surface area contributed by atoms with Crippen molar-refractivity contribution in [1.29, 1.82) is 5.26 Å². The number of carbonyl (C=O) groups is 2. The first kappa shape index (κ1) is 19.5. The van der Waals surface area contributed by atoms with E-state index in [-0.39, 0.29) is 18.0 Å². The van der Waals surface area contributed by atoms with Gasteiger partial charge in [0.05, 0.1) is 7.11 Å². The van der Waals surface area contributed by atoms with Crippen LogP contribution in [0.15, 0.2) is 48.0 Å². The van der Waals surface area contributed by atoms with E-state index >= 15 is 0 Å². The van der Waals surface area contributed by atoms with Crippen LogP contribution >= 0.6 is 0 Å². The number of primary amides is 1. The van der Waals surface area contributed by atoms with Crippen LogP contribution in [0, 0.1) is 17.1 Å². The molecule has 8 heteroatoms. The number of nitriles is 1. The summed E-state index contributed by atoms with van der Waals surface area (Å²) in [4.78, 5) is 22.4. The number of benzene rings is 2. The molecule has 0 atom stereocenters. The minimum absolute atomic E-state index is 0.133. The zero-order valence-corrected chi connectivity index (χ0v) is 14.4. The first-order valence-corrected chi connectivity index (χ1v) is 7.70. The van der Waals surface area contributed by atoms with Crippen LogP contribution in [0.25, 0.3) is 6.08 Å². The Labute approximate surface area is 154 Å². The van der Waals surface area contributed by atoms with Crippen molar-refractivity contribution in [2.24, 2.45) is 5.73 Å². The lowest BCUT2D eigenvalue weighted by Crippen LogP contribution is -2.35. The molecule has 3 N–H and O–H groups in total. The number of nitrogens with zero attached hydrogens (tertiary/aromatic N) is 1. The molecular weight excluding hydrogens is 353 g/mol. The van der Waals surface area contributed by atoms with Gasteiger partial charge < -0.3 is 15.2 Å². The van der Waals surface area contributed by atoms with Crippen molar-refractivity contribution in [2.75, 3.05) is 7.11 Å². The Balaban J connectivity index is 2.19. The van der Waals surface area contributed by atoms with Crippen LogP contribution in [-0.2, 0) is 11.4 Å². The highest BCUT2D eigenvalue weighted by atomic mass is 19.1. The molecule has 0 unspecified atom stereocenters. The van der Waals surface area contributed by atoms with Gasteiger partial charge in [-0.05, 0) is 41.5 Å². The summed E-state index contributed by atoms with van der Waals surface area (Å²) in [5, 5.41) is 10.9. The average Bonchev–Trinajstić information content (AvgIpc) is 2.64. The second-order valence-electron chi connectivity index (χ2n) is 5.32. The van der Waals surface area contributed by atoms with Crippen LogP contribution < -0.4 is 20.5 Å². The third kappa shape index (κ3) is 5.57. The van der Waals surface area contributed by atoms with Gasteiger partial charge in [-0.15, -0.1) is 0 Å². The van der Waals surface area contributed by atoms with Crippen molar-refractivity contribution in [3.05, 3.63) is 65.0 Å². The Kier molecular flexibility index (Phi) is 6.49. The smallest absolute Gasteiger partial charge is 0.319 e. The lowest BCUT2D eigenvalue weighted by Gasteiger charge is -2.11. The minimum atomic E-state index is -1.06. The number of imide groups is 1. The van der Waals surface area contributed by atoms with Crippen molar-refractivity contribution < 1.29 is 23.5 Å². The Hall–Kier alpha value is -3.86. The minimum Gasteiger partial charge on any atom is -0.493 e. The summed E-state index contributed by atoms with van der Waals surface area (Å²) in [6, 6.07) is 11.4. The maximum absolute atomic E-state index is 13.2. The van der Waals surface area contributed by atoms with Crippen LogP contribution in [0.2, 0.25) is 0 Å². The predicted octanol–water partition coefficient (Wildman–Crippen LogP) is 2.52. The normalized spacial score (nSPS) is 10.6. The molecule has 2 aromatic rings. The predicted molar refractivity (Wildman–Crippen MR) is 95.0 cm³/mol. The van der Waals surface area contributed by atoms with Crippen molar-refractivity contribution in [2.45, 2.75) is 6.61 Å². The zero-order chi connectivity index (χ0) is 19.8. The Bertz CT molecular complexity index is 935. The van der Waals surface area contributed by atoms with Gasteiger partial charge in [-0.25, -0.2) is 9.18 Å². The van der Waals surface area contributed by atoms with Crippen LogP contribution in [0.5, 0.6) is 11.5 Å². The molecule has 138 valence electrons. The summed E-state index contributed by atoms with van der Waals surface area (Å²) in [7, 11) is 1.43. The lowest BCUT2D eigenvalue weighted by molar-refractivity contribution is -0.115. The number of halogens is 1. The Morgan fingerprint density at radius 2 is 2.04 bits per heavy atom. The van der Waals surface area contributed by atoms with Crippen LogP contribution in [0.1, 0.15) is 11.1 Å². The molecule has 0 aromatic heterocycles. The summed E-state index contributed by atoms with van der Waals surface area (Å²) in [5.74, 6) is -0.510. The zero-order valence-electron chi connectivity index (χ0n) is 14.4. The number of methoxy groups -OCH3 is 1. The molecule has 0 aliphatic carbocycles. The number of ether oxygens (including phenoxy) is 2. The first-order chi connectivity index (χ1) is 12.9. The number of rotatable bonds is 6. The number of nitrogens with two attached hydrogens (primary N) is 1. The molecule has 0 saturated carbocycles. The molecule has 0 fully saturated rings. The van der Waals surface area contributed by atoms with E-state index in [1.54, 1.807) is 36.4 Å². The summed E-state index contributed by atoms with van der Waals surface area (Å²) in [5.41, 5.74) is 5.69. The number of carbonyl (C=O) groups excluding carboxylic acids is 2. The van der Waals surface area contributed by atoms with Gasteiger partial charge in [0.1, 0.15) is 24.1 Å². The van der Waals surface area contributed by atoms with Crippen molar-refractivity contribution in [3.8, 4) is 17.6 Å². The molecule has 0 spiro atoms. The first-order valence-electron chi connectivity index (χ1n) is 7.70. The molecular formula is C19H16FN3O4. The molecule has 0 heterocycles. The van der Waals surface area contributed by atoms with Gasteiger partial charge in [0.2, 0.25) is 0 Å². The highest BCUT2D eigenvalue weighted by Crippen LogP contribution is 2.29. The molecule has 0 radical (unpaired) electrons. The van der Waals surface area contributed by atoms with E-state index in [2.05, 4.69) is 0 Å². The van der Waals surface area contributed by atoms with Gasteiger partial charge in [-0.3, -0.25) is 10.1 Å². The highest BCUT2D eigenvalue weighted by Gasteiger charge is 2.12. The van der Waals surface area contributed by atoms with E-state index in [1.807, 2.05) is 5.32 Å². The SMILES string of the molecule is COc1cc(/C=C(/C#N)C(=O)NC(N)=O)ccc1OCc1cccc(F)c1. The van der Waals surface area contributed by atoms with Gasteiger partial charge >= 0.3 is 6.03 Å². The van der Waals surface area contributed by atoms with Crippen molar-refractivity contribution in [1.82, 2.24) is 5.32 Å². The second-order valence-corrected chi connectivity index (χ2v) is 5.32. The molecule has 2 rings (SSSR count). The molecule has 27 heavy (non-hydrogen) atoms. The summed E-state index contributed by atoms with van der Waals surface area (Å²) in [6.07, 6.45) is 1.27. The standard InChI is InChI=1S/C19H16FN3O4/c1-26-17-9-12(7-14(10-21)18(24)23-19(22)25)5-6-16(17)27-11-13-3-2-4-15(20)8-13/h2-9H,11H2,1H3,(H3,22,23,24,25)/b14-7-. The monoisotopic (exact) mass is 369 g/mol. The average molecular weight is 369 g/mol. The molecule has 2 aromatic carbocycles. The van der Waals surface area contributed by atoms with Gasteiger partial charge in [0, 0.05) is 0 Å². The molecule has 3 amide bonds. The van der Waals surface area contributed by atoms with Gasteiger partial charge in [-0.1, -0.05) is 18.2 Å². The van der Waals surface area contributed by atoms with Gasteiger partial charge in [0.15, 0.2) is 11.5 Å². The second kappa shape index (κ2) is 9.01. The fourth-order valence-corrected chi connectivity index (χ4v) is 2.18. The Morgan fingerprint density at radius 3 is 2.67 bits per heavy atom. The fraction of sp³-hybridized carbons (Fsp3) is 0.105. The van der Waals surface area contributed by atoms with E-state index < -0.39 is 11.9 Å². The van der Waals surface area contributed by atoms with Crippen LogP contribution in [0.3, 0.4) is 0 Å². The molecule has 0 aliphatic rings. The van der Waals surface area contributed by atoms with Gasteiger partial charge in [-0.2, -0.15) is 5.26 Å². The summed E-state index contributed by atoms with van der Waals surface area (Å²) < 4.78 is 24.1. The topological polar surface area (TPSA) is 114 Å². The number of urea groups is 1. The van der Waals surface area contributed by atoms with E-state index in [9.17, 15) is 14.0 Å². The molecule has 0 saturated heterocycles. The number of amides is 3. The maximum atomic E-state index is 13.2. The third-order valence-corrected chi connectivity index (χ3v) is 3.38. The molecule has 0 aliphatic heterocycles. The number of hydrogen-bond donors (Lipinski definition) is 2. The van der Waals surface area contributed by atoms with Crippen molar-refractivity contribution in [3.63, 3.8) is 0 Å². The number of nitrogens with one attached hydrogen (secondary N) is 1. The Morgan fingerprint density at radius 1 is 1.26 bits per heavy atom. The largest absolute Gasteiger partial charge is 0.493 e.